The highest BCUT2D eigenvalue weighted by Gasteiger charge is 2.23. The van der Waals surface area contributed by atoms with E-state index in [1.807, 2.05) is 13.8 Å². The van der Waals surface area contributed by atoms with Crippen LogP contribution >= 0.6 is 0 Å². The Morgan fingerprint density at radius 1 is 1.24 bits per heavy atom. The lowest BCUT2D eigenvalue weighted by molar-refractivity contribution is -0.0519. The van der Waals surface area contributed by atoms with Gasteiger partial charge in [-0.15, -0.1) is 0 Å². The van der Waals surface area contributed by atoms with Gasteiger partial charge in [0.25, 0.3) is 0 Å². The zero-order valence-electron chi connectivity index (χ0n) is 9.81. The molecule has 0 aromatic heterocycles. The quantitative estimate of drug-likeness (QED) is 0.837. The Morgan fingerprint density at radius 2 is 1.82 bits per heavy atom. The summed E-state index contributed by atoms with van der Waals surface area (Å²) in [5.74, 6) is -0.00398. The van der Waals surface area contributed by atoms with Gasteiger partial charge in [0, 0.05) is 11.6 Å². The van der Waals surface area contributed by atoms with Crippen molar-refractivity contribution in [1.82, 2.24) is 0 Å². The summed E-state index contributed by atoms with van der Waals surface area (Å²) in [5, 5.41) is 10.0. The van der Waals surface area contributed by atoms with Gasteiger partial charge in [-0.2, -0.15) is 8.78 Å². The third-order valence-corrected chi connectivity index (χ3v) is 2.59. The number of benzene rings is 1. The second-order valence-corrected chi connectivity index (χ2v) is 4.18. The van der Waals surface area contributed by atoms with Gasteiger partial charge in [-0.1, -0.05) is 32.0 Å². The van der Waals surface area contributed by atoms with Crippen molar-refractivity contribution < 1.29 is 18.6 Å². The second-order valence-electron chi connectivity index (χ2n) is 4.18. The average molecular weight is 245 g/mol. The maximum Gasteiger partial charge on any atom is 0.387 e. The third-order valence-electron chi connectivity index (χ3n) is 2.59. The zero-order chi connectivity index (χ0) is 13.0. The van der Waals surface area contributed by atoms with Gasteiger partial charge in [-0.25, -0.2) is 0 Å². The molecule has 1 rings (SSSR count). The van der Waals surface area contributed by atoms with Gasteiger partial charge in [-0.3, -0.25) is 0 Å². The molecule has 0 amide bonds. The largest absolute Gasteiger partial charge is 0.434 e. The van der Waals surface area contributed by atoms with E-state index in [-0.39, 0.29) is 17.2 Å². The smallest absolute Gasteiger partial charge is 0.387 e. The van der Waals surface area contributed by atoms with Gasteiger partial charge in [0.2, 0.25) is 0 Å². The van der Waals surface area contributed by atoms with Crippen LogP contribution in [0.5, 0.6) is 5.75 Å². The van der Waals surface area contributed by atoms with Crippen LogP contribution in [0.4, 0.5) is 8.78 Å². The van der Waals surface area contributed by atoms with Gasteiger partial charge in [0.05, 0.1) is 6.10 Å². The van der Waals surface area contributed by atoms with E-state index in [1.165, 1.54) is 12.1 Å². The number of alkyl halides is 2. The van der Waals surface area contributed by atoms with Crippen molar-refractivity contribution in [2.24, 2.45) is 11.7 Å². The minimum Gasteiger partial charge on any atom is -0.434 e. The fourth-order valence-corrected chi connectivity index (χ4v) is 1.50. The number of rotatable bonds is 5. The molecule has 96 valence electrons. The summed E-state index contributed by atoms with van der Waals surface area (Å²) in [4.78, 5) is 0. The molecule has 2 atom stereocenters. The average Bonchev–Trinajstić information content (AvgIpc) is 2.27. The standard InChI is InChI=1S/C12H17F2NO2/c1-7(2)10(15)11(16)8-5-3-4-6-9(8)17-12(13)14/h3-7,10-12,16H,15H2,1-2H3. The van der Waals surface area contributed by atoms with Crippen molar-refractivity contribution in [3.05, 3.63) is 29.8 Å². The van der Waals surface area contributed by atoms with E-state index in [1.54, 1.807) is 12.1 Å². The molecule has 0 saturated carbocycles. The minimum absolute atomic E-state index is 0.0320. The van der Waals surface area contributed by atoms with Gasteiger partial charge < -0.3 is 15.6 Å². The summed E-state index contributed by atoms with van der Waals surface area (Å²) in [5.41, 5.74) is 6.08. The first-order chi connectivity index (χ1) is 7.93. The molecular weight excluding hydrogens is 228 g/mol. The second kappa shape index (κ2) is 5.93. The lowest BCUT2D eigenvalue weighted by Crippen LogP contribution is -2.33. The normalized spacial score (nSPS) is 15.1. The molecule has 0 heterocycles. The molecule has 0 aliphatic carbocycles. The maximum absolute atomic E-state index is 12.2. The van der Waals surface area contributed by atoms with Gasteiger partial charge in [-0.05, 0) is 12.0 Å². The maximum atomic E-state index is 12.2. The Balaban J connectivity index is 2.96. The highest BCUT2D eigenvalue weighted by molar-refractivity contribution is 5.35. The Morgan fingerprint density at radius 3 is 2.35 bits per heavy atom. The molecule has 3 nitrogen and oxygen atoms in total. The van der Waals surface area contributed by atoms with Crippen LogP contribution in [0.15, 0.2) is 24.3 Å². The summed E-state index contributed by atoms with van der Waals surface area (Å²) < 4.78 is 28.7. The topological polar surface area (TPSA) is 55.5 Å². The van der Waals surface area contributed by atoms with E-state index < -0.39 is 18.8 Å². The molecule has 0 aliphatic rings. The lowest BCUT2D eigenvalue weighted by atomic mass is 9.94. The zero-order valence-corrected chi connectivity index (χ0v) is 9.81. The molecule has 1 aromatic rings. The van der Waals surface area contributed by atoms with Crippen LogP contribution in [0.3, 0.4) is 0 Å². The molecule has 0 saturated heterocycles. The van der Waals surface area contributed by atoms with E-state index in [0.717, 1.165) is 0 Å². The number of ether oxygens (including phenoxy) is 1. The van der Waals surface area contributed by atoms with Crippen molar-refractivity contribution in [2.75, 3.05) is 0 Å². The van der Waals surface area contributed by atoms with Crippen LogP contribution in [0.2, 0.25) is 0 Å². The van der Waals surface area contributed by atoms with E-state index in [2.05, 4.69) is 4.74 Å². The number of nitrogens with two attached hydrogens (primary N) is 1. The fourth-order valence-electron chi connectivity index (χ4n) is 1.50. The molecule has 17 heavy (non-hydrogen) atoms. The first-order valence-corrected chi connectivity index (χ1v) is 5.41. The summed E-state index contributed by atoms with van der Waals surface area (Å²) in [6.07, 6.45) is -1.02. The number of para-hydroxylation sites is 1. The van der Waals surface area contributed by atoms with Crippen LogP contribution in [-0.2, 0) is 0 Å². The summed E-state index contributed by atoms with van der Waals surface area (Å²) in [6.45, 7) is 0.785. The molecule has 0 fully saturated rings. The predicted octanol–water partition coefficient (Wildman–Crippen LogP) is 2.30. The van der Waals surface area contributed by atoms with Crippen molar-refractivity contribution in [3.8, 4) is 5.75 Å². The number of hydrogen-bond donors (Lipinski definition) is 2. The highest BCUT2D eigenvalue weighted by Crippen LogP contribution is 2.29. The van der Waals surface area contributed by atoms with Crippen LogP contribution in [0.1, 0.15) is 25.5 Å². The van der Waals surface area contributed by atoms with Gasteiger partial charge in [0.15, 0.2) is 0 Å². The van der Waals surface area contributed by atoms with E-state index in [4.69, 9.17) is 5.73 Å². The molecule has 0 bridgehead atoms. The first-order valence-electron chi connectivity index (χ1n) is 5.41. The van der Waals surface area contributed by atoms with Gasteiger partial charge in [0.1, 0.15) is 5.75 Å². The Kier molecular flexibility index (Phi) is 4.84. The Hall–Kier alpha value is -1.20. The number of halogens is 2. The third kappa shape index (κ3) is 3.64. The van der Waals surface area contributed by atoms with Gasteiger partial charge >= 0.3 is 6.61 Å². The van der Waals surface area contributed by atoms with Crippen LogP contribution < -0.4 is 10.5 Å². The SMILES string of the molecule is CC(C)C(N)C(O)c1ccccc1OC(F)F. The van der Waals surface area contributed by atoms with Crippen LogP contribution in [0.25, 0.3) is 0 Å². The molecular formula is C12H17F2NO2. The summed E-state index contributed by atoms with van der Waals surface area (Å²) in [7, 11) is 0. The van der Waals surface area contributed by atoms with E-state index >= 15 is 0 Å². The Bertz CT molecular complexity index is 358. The van der Waals surface area contributed by atoms with Crippen molar-refractivity contribution in [2.45, 2.75) is 32.6 Å². The highest BCUT2D eigenvalue weighted by atomic mass is 19.3. The molecule has 0 radical (unpaired) electrons. The van der Waals surface area contributed by atoms with Crippen LogP contribution in [0, 0.1) is 5.92 Å². The van der Waals surface area contributed by atoms with Crippen molar-refractivity contribution >= 4 is 0 Å². The number of aliphatic hydroxyl groups excluding tert-OH is 1. The number of aliphatic hydroxyl groups is 1. The first kappa shape index (κ1) is 13.9. The fraction of sp³-hybridized carbons (Fsp3) is 0.500. The number of hydrogen-bond acceptors (Lipinski definition) is 3. The van der Waals surface area contributed by atoms with Crippen molar-refractivity contribution in [1.29, 1.82) is 0 Å². The van der Waals surface area contributed by atoms with E-state index in [0.29, 0.717) is 0 Å². The van der Waals surface area contributed by atoms with Crippen LogP contribution in [-0.4, -0.2) is 17.8 Å². The summed E-state index contributed by atoms with van der Waals surface area (Å²) in [6, 6.07) is 5.60. The minimum atomic E-state index is -2.92. The molecule has 2 unspecified atom stereocenters. The van der Waals surface area contributed by atoms with Crippen molar-refractivity contribution in [3.63, 3.8) is 0 Å². The lowest BCUT2D eigenvalue weighted by Gasteiger charge is -2.24. The monoisotopic (exact) mass is 245 g/mol. The summed E-state index contributed by atoms with van der Waals surface area (Å²) >= 11 is 0. The molecule has 5 heteroatoms. The molecule has 0 spiro atoms. The molecule has 1 aromatic carbocycles. The van der Waals surface area contributed by atoms with E-state index in [9.17, 15) is 13.9 Å². The Labute approximate surface area is 99.2 Å². The molecule has 3 N–H and O–H groups in total. The predicted molar refractivity (Wildman–Crippen MR) is 60.8 cm³/mol. The molecule has 0 aliphatic heterocycles.